The second kappa shape index (κ2) is 6.61. The average Bonchev–Trinajstić information content (AvgIpc) is 2.55. The largest absolute Gasteiger partial charge is 0.478 e. The van der Waals surface area contributed by atoms with Crippen LogP contribution in [0.3, 0.4) is 0 Å². The standard InChI is InChI=1S/C19H14F4O4/c1-9-5-11-7-13(18(24)25)17(19(21,22)23)27-16(11)8-15(9)26-14-4-3-12(20)6-10(14)2/h3-8,17H,1-2H3,(H,24,25). The molecule has 27 heavy (non-hydrogen) atoms. The first-order valence-electron chi connectivity index (χ1n) is 7.83. The Morgan fingerprint density at radius 1 is 1.11 bits per heavy atom. The Morgan fingerprint density at radius 3 is 2.37 bits per heavy atom. The maximum atomic E-state index is 13.2. The number of carboxylic acids is 1. The van der Waals surface area contributed by atoms with Crippen LogP contribution in [0.2, 0.25) is 0 Å². The van der Waals surface area contributed by atoms with Gasteiger partial charge in [0.05, 0.1) is 5.57 Å². The maximum Gasteiger partial charge on any atom is 0.430 e. The van der Waals surface area contributed by atoms with E-state index in [0.29, 0.717) is 16.9 Å². The van der Waals surface area contributed by atoms with Gasteiger partial charge in [-0.2, -0.15) is 13.2 Å². The Balaban J connectivity index is 2.02. The highest BCUT2D eigenvalue weighted by Crippen LogP contribution is 2.41. The summed E-state index contributed by atoms with van der Waals surface area (Å²) in [6, 6.07) is 6.61. The van der Waals surface area contributed by atoms with Gasteiger partial charge in [-0.3, -0.25) is 0 Å². The Hall–Kier alpha value is -3.03. The highest BCUT2D eigenvalue weighted by molar-refractivity contribution is 5.95. The van der Waals surface area contributed by atoms with Crippen LogP contribution in [0.4, 0.5) is 17.6 Å². The summed E-state index contributed by atoms with van der Waals surface area (Å²) in [7, 11) is 0. The normalized spacial score (nSPS) is 16.2. The topological polar surface area (TPSA) is 55.8 Å². The van der Waals surface area contributed by atoms with E-state index in [2.05, 4.69) is 0 Å². The van der Waals surface area contributed by atoms with Crippen molar-refractivity contribution >= 4 is 12.0 Å². The van der Waals surface area contributed by atoms with Gasteiger partial charge < -0.3 is 14.6 Å². The molecule has 0 saturated carbocycles. The lowest BCUT2D eigenvalue weighted by molar-refractivity contribution is -0.187. The Morgan fingerprint density at radius 2 is 1.78 bits per heavy atom. The number of carbonyl (C=O) groups is 1. The fourth-order valence-corrected chi connectivity index (χ4v) is 2.71. The number of carboxylic acid groups (broad SMARTS) is 1. The van der Waals surface area contributed by atoms with E-state index in [4.69, 9.17) is 14.6 Å². The molecule has 1 aliphatic heterocycles. The molecule has 2 aromatic carbocycles. The number of aliphatic carboxylic acids is 1. The van der Waals surface area contributed by atoms with Gasteiger partial charge in [0.15, 0.2) is 0 Å². The highest BCUT2D eigenvalue weighted by Gasteiger charge is 2.48. The van der Waals surface area contributed by atoms with Crippen LogP contribution >= 0.6 is 0 Å². The fraction of sp³-hybridized carbons (Fsp3) is 0.211. The van der Waals surface area contributed by atoms with E-state index in [1.807, 2.05) is 0 Å². The van der Waals surface area contributed by atoms with Crippen molar-refractivity contribution in [3.63, 3.8) is 0 Å². The summed E-state index contributed by atoms with van der Waals surface area (Å²) in [5, 5.41) is 9.07. The molecule has 3 rings (SSSR count). The summed E-state index contributed by atoms with van der Waals surface area (Å²) < 4.78 is 63.3. The van der Waals surface area contributed by atoms with Crippen LogP contribution in [0, 0.1) is 19.7 Å². The van der Waals surface area contributed by atoms with Crippen LogP contribution in [0.15, 0.2) is 35.9 Å². The zero-order valence-electron chi connectivity index (χ0n) is 14.2. The van der Waals surface area contributed by atoms with Gasteiger partial charge in [-0.1, -0.05) is 0 Å². The van der Waals surface area contributed by atoms with Gasteiger partial charge in [0, 0.05) is 11.6 Å². The van der Waals surface area contributed by atoms with E-state index in [9.17, 15) is 22.4 Å². The van der Waals surface area contributed by atoms with Gasteiger partial charge in [-0.05, 0) is 55.3 Å². The molecule has 1 heterocycles. The van der Waals surface area contributed by atoms with Crippen molar-refractivity contribution in [3.05, 3.63) is 58.4 Å². The molecule has 1 atom stereocenters. The van der Waals surface area contributed by atoms with E-state index in [1.165, 1.54) is 30.3 Å². The molecule has 4 nitrogen and oxygen atoms in total. The Kier molecular flexibility index (Phi) is 4.59. The lowest BCUT2D eigenvalue weighted by atomic mass is 9.99. The quantitative estimate of drug-likeness (QED) is 0.757. The SMILES string of the molecule is Cc1cc(F)ccc1Oc1cc2c(cc1C)C=C(C(=O)O)C(C(F)(F)F)O2. The van der Waals surface area contributed by atoms with Gasteiger partial charge in [0.1, 0.15) is 23.1 Å². The Labute approximate surface area is 151 Å². The predicted molar refractivity (Wildman–Crippen MR) is 88.5 cm³/mol. The summed E-state index contributed by atoms with van der Waals surface area (Å²) >= 11 is 0. The van der Waals surface area contributed by atoms with Crippen LogP contribution in [0.5, 0.6) is 17.2 Å². The molecule has 0 saturated heterocycles. The molecule has 1 unspecified atom stereocenters. The number of hydrogen-bond donors (Lipinski definition) is 1. The molecule has 0 aliphatic carbocycles. The first kappa shape index (κ1) is 18.8. The van der Waals surface area contributed by atoms with Crippen molar-refractivity contribution in [2.75, 3.05) is 0 Å². The van der Waals surface area contributed by atoms with Gasteiger partial charge in [-0.15, -0.1) is 0 Å². The molecular weight excluding hydrogens is 368 g/mol. The van der Waals surface area contributed by atoms with Crippen LogP contribution in [0.25, 0.3) is 6.08 Å². The molecule has 8 heteroatoms. The van der Waals surface area contributed by atoms with Gasteiger partial charge in [0.25, 0.3) is 0 Å². The molecule has 0 spiro atoms. The molecule has 0 aromatic heterocycles. The third-order valence-electron chi connectivity index (χ3n) is 4.05. The summed E-state index contributed by atoms with van der Waals surface area (Å²) in [5.74, 6) is -1.74. The van der Waals surface area contributed by atoms with E-state index in [1.54, 1.807) is 13.8 Å². The number of aryl methyl sites for hydroxylation is 2. The van der Waals surface area contributed by atoms with Crippen LogP contribution < -0.4 is 9.47 Å². The number of halogens is 4. The first-order chi connectivity index (χ1) is 12.6. The minimum atomic E-state index is -4.89. The molecule has 2 aromatic rings. The predicted octanol–water partition coefficient (Wildman–Crippen LogP) is 5.03. The second-order valence-electron chi connectivity index (χ2n) is 6.11. The number of alkyl halides is 3. The minimum Gasteiger partial charge on any atom is -0.478 e. The minimum absolute atomic E-state index is 0.150. The zero-order chi connectivity index (χ0) is 19.9. The van der Waals surface area contributed by atoms with Crippen LogP contribution in [0.1, 0.15) is 16.7 Å². The molecule has 1 N–H and O–H groups in total. The lowest BCUT2D eigenvalue weighted by Crippen LogP contribution is -2.40. The molecule has 142 valence electrons. The van der Waals surface area contributed by atoms with Gasteiger partial charge in [0.2, 0.25) is 6.10 Å². The number of benzene rings is 2. The van der Waals surface area contributed by atoms with Gasteiger partial charge in [-0.25, -0.2) is 9.18 Å². The summed E-state index contributed by atoms with van der Waals surface area (Å²) in [4.78, 5) is 11.2. The monoisotopic (exact) mass is 382 g/mol. The summed E-state index contributed by atoms with van der Waals surface area (Å²) in [6.07, 6.45) is -6.52. The summed E-state index contributed by atoms with van der Waals surface area (Å²) in [6.45, 7) is 3.28. The number of ether oxygens (including phenoxy) is 2. The van der Waals surface area contributed by atoms with E-state index in [0.717, 1.165) is 6.08 Å². The lowest BCUT2D eigenvalue weighted by Gasteiger charge is -2.27. The van der Waals surface area contributed by atoms with Crippen molar-refractivity contribution in [1.29, 1.82) is 0 Å². The number of hydrogen-bond acceptors (Lipinski definition) is 3. The van der Waals surface area contributed by atoms with Crippen LogP contribution in [-0.2, 0) is 4.79 Å². The molecule has 0 amide bonds. The second-order valence-corrected chi connectivity index (χ2v) is 6.11. The molecule has 0 radical (unpaired) electrons. The molecule has 0 bridgehead atoms. The zero-order valence-corrected chi connectivity index (χ0v) is 14.2. The van der Waals surface area contributed by atoms with Crippen molar-refractivity contribution < 1.29 is 36.9 Å². The van der Waals surface area contributed by atoms with Gasteiger partial charge >= 0.3 is 12.1 Å². The fourth-order valence-electron chi connectivity index (χ4n) is 2.71. The third-order valence-corrected chi connectivity index (χ3v) is 4.05. The van der Waals surface area contributed by atoms with Crippen LogP contribution in [-0.4, -0.2) is 23.4 Å². The Bertz CT molecular complexity index is 947. The van der Waals surface area contributed by atoms with Crippen molar-refractivity contribution in [2.45, 2.75) is 26.1 Å². The maximum absolute atomic E-state index is 13.2. The first-order valence-corrected chi connectivity index (χ1v) is 7.83. The highest BCUT2D eigenvalue weighted by atomic mass is 19.4. The third kappa shape index (κ3) is 3.74. The van der Waals surface area contributed by atoms with E-state index < -0.39 is 29.6 Å². The summed E-state index contributed by atoms with van der Waals surface area (Å²) in [5.41, 5.74) is 0.368. The van der Waals surface area contributed by atoms with E-state index in [-0.39, 0.29) is 17.1 Å². The van der Waals surface area contributed by atoms with E-state index >= 15 is 0 Å². The smallest absolute Gasteiger partial charge is 0.430 e. The number of fused-ring (bicyclic) bond motifs is 1. The average molecular weight is 382 g/mol. The number of rotatable bonds is 3. The molecule has 1 aliphatic rings. The van der Waals surface area contributed by atoms with Crippen molar-refractivity contribution in [3.8, 4) is 17.2 Å². The van der Waals surface area contributed by atoms with Crippen molar-refractivity contribution in [2.24, 2.45) is 0 Å². The molecular formula is C19H14F4O4. The van der Waals surface area contributed by atoms with Crippen molar-refractivity contribution in [1.82, 2.24) is 0 Å². The molecule has 0 fully saturated rings.